The van der Waals surface area contributed by atoms with Gasteiger partial charge < -0.3 is 19.1 Å². The molecule has 0 aromatic heterocycles. The monoisotopic (exact) mass is 884 g/mol. The predicted octanol–water partition coefficient (Wildman–Crippen LogP) is 16.2. The SMILES string of the molecule is CCC/C=C\COC(=O)CCCCCCC/C=C\CCCCCCCCC(CCCCCCCC/C=C\CCCCCCCC(=O)OC/C=C\CCC)OC(=O)CCCCN(C)C. The van der Waals surface area contributed by atoms with Gasteiger partial charge in [-0.15, -0.1) is 0 Å². The van der Waals surface area contributed by atoms with E-state index >= 15 is 0 Å². The molecule has 0 unspecified atom stereocenters. The first-order valence-electron chi connectivity index (χ1n) is 26.6. The number of rotatable bonds is 48. The molecule has 0 N–H and O–H groups in total. The Bertz CT molecular complexity index is 1050. The van der Waals surface area contributed by atoms with Crippen molar-refractivity contribution < 1.29 is 28.6 Å². The first-order chi connectivity index (χ1) is 30.9. The van der Waals surface area contributed by atoms with Crippen molar-refractivity contribution in [2.24, 2.45) is 0 Å². The first kappa shape index (κ1) is 60.3. The number of hydrogen-bond acceptors (Lipinski definition) is 7. The Balaban J connectivity index is 3.96. The van der Waals surface area contributed by atoms with Crippen molar-refractivity contribution in [3.63, 3.8) is 0 Å². The van der Waals surface area contributed by atoms with Crippen molar-refractivity contribution in [1.29, 1.82) is 0 Å². The maximum Gasteiger partial charge on any atom is 0.306 e. The lowest BCUT2D eigenvalue weighted by atomic mass is 10.0. The van der Waals surface area contributed by atoms with E-state index in [0.29, 0.717) is 32.5 Å². The normalized spacial score (nSPS) is 12.0. The molecule has 0 aliphatic carbocycles. The van der Waals surface area contributed by atoms with Crippen LogP contribution in [0.25, 0.3) is 0 Å². The summed E-state index contributed by atoms with van der Waals surface area (Å²) < 4.78 is 16.5. The number of carbonyl (C=O) groups is 3. The molecule has 0 rings (SSSR count). The van der Waals surface area contributed by atoms with Gasteiger partial charge in [0.25, 0.3) is 0 Å². The highest BCUT2D eigenvalue weighted by atomic mass is 16.5. The van der Waals surface area contributed by atoms with Crippen molar-refractivity contribution in [3.05, 3.63) is 48.6 Å². The highest BCUT2D eigenvalue weighted by Gasteiger charge is 2.14. The Labute approximate surface area is 390 Å². The lowest BCUT2D eigenvalue weighted by molar-refractivity contribution is -0.150. The van der Waals surface area contributed by atoms with E-state index in [4.69, 9.17) is 14.2 Å². The van der Waals surface area contributed by atoms with Crippen LogP contribution in [0.2, 0.25) is 0 Å². The highest BCUT2D eigenvalue weighted by Crippen LogP contribution is 2.19. The summed E-state index contributed by atoms with van der Waals surface area (Å²) in [6.45, 7) is 6.13. The molecule has 0 bridgehead atoms. The van der Waals surface area contributed by atoms with Crippen LogP contribution in [-0.2, 0) is 28.6 Å². The van der Waals surface area contributed by atoms with Crippen LogP contribution >= 0.6 is 0 Å². The Kier molecular flexibility index (Phi) is 48.2. The van der Waals surface area contributed by atoms with Crippen LogP contribution < -0.4 is 0 Å². The molecule has 0 aliphatic rings. The van der Waals surface area contributed by atoms with Gasteiger partial charge in [-0.05, 0) is 136 Å². The van der Waals surface area contributed by atoms with E-state index in [0.717, 1.165) is 109 Å². The zero-order valence-electron chi connectivity index (χ0n) is 41.9. The van der Waals surface area contributed by atoms with Crippen LogP contribution in [0, 0.1) is 0 Å². The average Bonchev–Trinajstić information content (AvgIpc) is 3.26. The molecule has 63 heavy (non-hydrogen) atoms. The third-order valence-corrected chi connectivity index (χ3v) is 11.6. The van der Waals surface area contributed by atoms with E-state index in [-0.39, 0.29) is 24.0 Å². The van der Waals surface area contributed by atoms with Gasteiger partial charge >= 0.3 is 17.9 Å². The molecule has 0 radical (unpaired) electrons. The molecule has 0 atom stereocenters. The van der Waals surface area contributed by atoms with Crippen molar-refractivity contribution in [1.82, 2.24) is 4.90 Å². The molecule has 0 fully saturated rings. The number of esters is 3. The standard InChI is InChI=1S/C56H101NO6/c1-5-7-9-43-51-61-54(58)47-39-35-31-27-23-19-15-11-13-17-21-25-29-33-37-45-53(63-56(60)49-41-42-50-57(3)4)46-38-34-30-26-22-18-14-12-16-20-24-28-32-36-40-48-55(59)62-52-44-10-8-6-2/h9-12,15-16,43-44,53H,5-8,13-14,17-42,45-52H2,1-4H3/b15-11-,16-12-,43-9-,44-10-. The second kappa shape index (κ2) is 50.3. The summed E-state index contributed by atoms with van der Waals surface area (Å²) in [6.07, 6.45) is 58.7. The van der Waals surface area contributed by atoms with Gasteiger partial charge in [-0.2, -0.15) is 0 Å². The Morgan fingerprint density at radius 3 is 1.08 bits per heavy atom. The van der Waals surface area contributed by atoms with Gasteiger partial charge in [0.2, 0.25) is 0 Å². The fourth-order valence-corrected chi connectivity index (χ4v) is 7.61. The van der Waals surface area contributed by atoms with Crippen LogP contribution in [0.5, 0.6) is 0 Å². The topological polar surface area (TPSA) is 82.1 Å². The number of unbranched alkanes of at least 4 members (excludes halogenated alkanes) is 25. The summed E-state index contributed by atoms with van der Waals surface area (Å²) in [4.78, 5) is 38.4. The maximum atomic E-state index is 12.7. The summed E-state index contributed by atoms with van der Waals surface area (Å²) in [6, 6.07) is 0. The van der Waals surface area contributed by atoms with Gasteiger partial charge in [-0.1, -0.05) is 165 Å². The zero-order valence-corrected chi connectivity index (χ0v) is 41.9. The van der Waals surface area contributed by atoms with Crippen LogP contribution in [0.4, 0.5) is 0 Å². The second-order valence-corrected chi connectivity index (χ2v) is 18.2. The number of nitrogens with zero attached hydrogens (tertiary/aromatic N) is 1. The van der Waals surface area contributed by atoms with E-state index in [1.807, 2.05) is 12.2 Å². The van der Waals surface area contributed by atoms with Crippen molar-refractivity contribution in [2.75, 3.05) is 33.9 Å². The second-order valence-electron chi connectivity index (χ2n) is 18.2. The van der Waals surface area contributed by atoms with Crippen LogP contribution in [0.3, 0.4) is 0 Å². The molecule has 0 aromatic carbocycles. The summed E-state index contributed by atoms with van der Waals surface area (Å²) in [7, 11) is 4.17. The molecule has 0 aromatic rings. The van der Waals surface area contributed by atoms with Gasteiger partial charge in [-0.25, -0.2) is 0 Å². The van der Waals surface area contributed by atoms with Crippen molar-refractivity contribution in [3.8, 4) is 0 Å². The van der Waals surface area contributed by atoms with E-state index in [9.17, 15) is 14.4 Å². The highest BCUT2D eigenvalue weighted by molar-refractivity contribution is 5.70. The first-order valence-corrected chi connectivity index (χ1v) is 26.6. The third-order valence-electron chi connectivity index (χ3n) is 11.6. The molecule has 0 saturated carbocycles. The Morgan fingerprint density at radius 1 is 0.381 bits per heavy atom. The Morgan fingerprint density at radius 2 is 0.698 bits per heavy atom. The van der Waals surface area contributed by atoms with Crippen LogP contribution in [0.1, 0.15) is 251 Å². The molecule has 0 saturated heterocycles. The van der Waals surface area contributed by atoms with Gasteiger partial charge in [0.05, 0.1) is 0 Å². The minimum Gasteiger partial charge on any atom is -0.462 e. The average molecular weight is 884 g/mol. The Hall–Kier alpha value is -2.67. The fourth-order valence-electron chi connectivity index (χ4n) is 7.61. The minimum absolute atomic E-state index is 0.000822. The van der Waals surface area contributed by atoms with E-state index in [1.54, 1.807) is 0 Å². The molecule has 0 aliphatic heterocycles. The predicted molar refractivity (Wildman–Crippen MR) is 269 cm³/mol. The fraction of sp³-hybridized carbons (Fsp3) is 0.804. The lowest BCUT2D eigenvalue weighted by Crippen LogP contribution is -2.19. The maximum absolute atomic E-state index is 12.7. The van der Waals surface area contributed by atoms with Crippen LogP contribution in [-0.4, -0.2) is 62.8 Å². The number of hydrogen-bond donors (Lipinski definition) is 0. The number of ether oxygens (including phenoxy) is 3. The third kappa shape index (κ3) is 50.2. The molecule has 0 spiro atoms. The number of allylic oxidation sites excluding steroid dienone is 6. The molecule has 0 amide bonds. The molecule has 7 nitrogen and oxygen atoms in total. The molecular formula is C56H101NO6. The number of carbonyl (C=O) groups excluding carboxylic acids is 3. The quantitative estimate of drug-likeness (QED) is 0.0260. The summed E-state index contributed by atoms with van der Waals surface area (Å²) in [5, 5.41) is 0. The van der Waals surface area contributed by atoms with Crippen molar-refractivity contribution >= 4 is 17.9 Å². The summed E-state index contributed by atoms with van der Waals surface area (Å²) in [5.74, 6) is -0.135. The van der Waals surface area contributed by atoms with Gasteiger partial charge in [0.15, 0.2) is 0 Å². The van der Waals surface area contributed by atoms with Gasteiger partial charge in [0.1, 0.15) is 19.3 Å². The zero-order chi connectivity index (χ0) is 45.9. The summed E-state index contributed by atoms with van der Waals surface area (Å²) >= 11 is 0. The van der Waals surface area contributed by atoms with E-state index in [1.165, 1.54) is 116 Å². The molecule has 7 heteroatoms. The lowest BCUT2D eigenvalue weighted by Gasteiger charge is -2.18. The van der Waals surface area contributed by atoms with E-state index in [2.05, 4.69) is 69.3 Å². The molecule has 0 heterocycles. The van der Waals surface area contributed by atoms with E-state index < -0.39 is 0 Å². The molecular weight excluding hydrogens is 783 g/mol. The van der Waals surface area contributed by atoms with Gasteiger partial charge in [-0.3, -0.25) is 14.4 Å². The van der Waals surface area contributed by atoms with Crippen molar-refractivity contribution in [2.45, 2.75) is 258 Å². The minimum atomic E-state index is -0.0679. The summed E-state index contributed by atoms with van der Waals surface area (Å²) in [5.41, 5.74) is 0. The van der Waals surface area contributed by atoms with Crippen LogP contribution in [0.15, 0.2) is 48.6 Å². The smallest absolute Gasteiger partial charge is 0.306 e. The molecule has 366 valence electrons. The largest absolute Gasteiger partial charge is 0.462 e. The van der Waals surface area contributed by atoms with Gasteiger partial charge in [0, 0.05) is 19.3 Å².